The van der Waals surface area contributed by atoms with Crippen molar-refractivity contribution < 1.29 is 9.53 Å². The highest BCUT2D eigenvalue weighted by atomic mass is 16.5. The van der Waals surface area contributed by atoms with Crippen molar-refractivity contribution in [3.05, 3.63) is 82.9 Å². The van der Waals surface area contributed by atoms with Crippen molar-refractivity contribution in [3.63, 3.8) is 0 Å². The number of piperidine rings is 1. The normalized spacial score (nSPS) is 22.0. The predicted octanol–water partition coefficient (Wildman–Crippen LogP) is 4.53. The van der Waals surface area contributed by atoms with Gasteiger partial charge in [0.25, 0.3) is 0 Å². The van der Waals surface area contributed by atoms with Gasteiger partial charge in [0.05, 0.1) is 18.1 Å². The molecule has 1 saturated heterocycles. The fourth-order valence-corrected chi connectivity index (χ4v) is 5.57. The van der Waals surface area contributed by atoms with E-state index < -0.39 is 0 Å². The number of carbonyl (C=O) groups is 1. The van der Waals surface area contributed by atoms with Crippen LogP contribution in [0.3, 0.4) is 0 Å². The molecule has 1 unspecified atom stereocenters. The van der Waals surface area contributed by atoms with Crippen LogP contribution in [-0.2, 0) is 28.2 Å². The Hall–Kier alpha value is -2.65. The van der Waals surface area contributed by atoms with Crippen LogP contribution in [0, 0.1) is 0 Å². The lowest BCUT2D eigenvalue weighted by Crippen LogP contribution is -2.46. The summed E-state index contributed by atoms with van der Waals surface area (Å²) in [5, 5.41) is 2.55. The molecule has 3 aromatic rings. The van der Waals surface area contributed by atoms with Crippen LogP contribution in [0.5, 0.6) is 0 Å². The van der Waals surface area contributed by atoms with Crippen LogP contribution < -0.4 is 0 Å². The second kappa shape index (κ2) is 5.92. The third-order valence-electron chi connectivity index (χ3n) is 7.02. The Morgan fingerprint density at radius 2 is 1.68 bits per heavy atom. The van der Waals surface area contributed by atoms with Crippen LogP contribution in [0.2, 0.25) is 0 Å². The smallest absolute Gasteiger partial charge is 0.230 e. The summed E-state index contributed by atoms with van der Waals surface area (Å²) in [6, 6.07) is 21.4. The van der Waals surface area contributed by atoms with E-state index in [9.17, 15) is 4.79 Å². The van der Waals surface area contributed by atoms with E-state index in [4.69, 9.17) is 4.74 Å². The lowest BCUT2D eigenvalue weighted by atomic mass is 9.83. The zero-order valence-corrected chi connectivity index (χ0v) is 15.9. The van der Waals surface area contributed by atoms with Gasteiger partial charge in [-0.15, -0.1) is 0 Å². The van der Waals surface area contributed by atoms with Crippen LogP contribution in [0.4, 0.5) is 0 Å². The minimum Gasteiger partial charge on any atom is -0.365 e. The van der Waals surface area contributed by atoms with Crippen molar-refractivity contribution >= 4 is 16.7 Å². The number of hydrogen-bond donors (Lipinski definition) is 0. The van der Waals surface area contributed by atoms with Crippen molar-refractivity contribution in [3.8, 4) is 0 Å². The molecule has 1 spiro atoms. The fraction of sp³-hybridized carbons (Fsp3) is 0.320. The van der Waals surface area contributed by atoms with E-state index in [2.05, 4.69) is 65.6 Å². The monoisotopic (exact) mass is 369 g/mol. The second-order valence-electron chi connectivity index (χ2n) is 8.38. The molecular formula is C25H23NO2. The lowest BCUT2D eigenvalue weighted by molar-refractivity contribution is -0.139. The highest BCUT2D eigenvalue weighted by molar-refractivity contribution is 5.98. The summed E-state index contributed by atoms with van der Waals surface area (Å²) in [7, 11) is 0. The Kier molecular flexibility index (Phi) is 3.45. The van der Waals surface area contributed by atoms with Gasteiger partial charge in [-0.25, -0.2) is 0 Å². The number of ether oxygens (including phenoxy) is 1. The lowest BCUT2D eigenvalue weighted by Gasteiger charge is -2.40. The Balaban J connectivity index is 1.25. The molecule has 3 heteroatoms. The fourth-order valence-electron chi connectivity index (χ4n) is 5.57. The molecule has 1 atom stereocenters. The average molecular weight is 369 g/mol. The summed E-state index contributed by atoms with van der Waals surface area (Å²) in [4.78, 5) is 15.5. The van der Waals surface area contributed by atoms with Crippen molar-refractivity contribution in [2.24, 2.45) is 0 Å². The summed E-state index contributed by atoms with van der Waals surface area (Å²) in [5.41, 5.74) is 4.97. The Morgan fingerprint density at radius 3 is 2.54 bits per heavy atom. The van der Waals surface area contributed by atoms with Crippen LogP contribution in [0.15, 0.2) is 60.7 Å². The molecule has 3 aromatic carbocycles. The highest BCUT2D eigenvalue weighted by Crippen LogP contribution is 2.45. The maximum atomic E-state index is 13.4. The van der Waals surface area contributed by atoms with Gasteiger partial charge in [0.2, 0.25) is 5.91 Å². The molecule has 140 valence electrons. The van der Waals surface area contributed by atoms with Gasteiger partial charge >= 0.3 is 0 Å². The SMILES string of the molecule is O=C(C1Cc2cccc3cccc1c23)N1CCC2(CC1)OCc1ccccc12. The van der Waals surface area contributed by atoms with E-state index in [0.29, 0.717) is 6.61 Å². The van der Waals surface area contributed by atoms with E-state index in [0.717, 1.165) is 32.4 Å². The second-order valence-corrected chi connectivity index (χ2v) is 8.38. The van der Waals surface area contributed by atoms with Crippen LogP contribution in [-0.4, -0.2) is 23.9 Å². The minimum absolute atomic E-state index is 0.0352. The van der Waals surface area contributed by atoms with E-state index in [-0.39, 0.29) is 17.4 Å². The third-order valence-corrected chi connectivity index (χ3v) is 7.02. The molecule has 28 heavy (non-hydrogen) atoms. The molecule has 3 nitrogen and oxygen atoms in total. The first kappa shape index (κ1) is 16.3. The molecule has 2 heterocycles. The van der Waals surface area contributed by atoms with Crippen molar-refractivity contribution in [1.82, 2.24) is 4.90 Å². The molecule has 3 aliphatic rings. The topological polar surface area (TPSA) is 29.5 Å². The van der Waals surface area contributed by atoms with Gasteiger partial charge in [0.15, 0.2) is 0 Å². The number of amides is 1. The van der Waals surface area contributed by atoms with Gasteiger partial charge in [-0.1, -0.05) is 60.7 Å². The number of benzene rings is 3. The molecular weight excluding hydrogens is 346 g/mol. The van der Waals surface area contributed by atoms with Gasteiger partial charge in [0.1, 0.15) is 0 Å². The van der Waals surface area contributed by atoms with Crippen LogP contribution in [0.1, 0.15) is 41.0 Å². The molecule has 0 bridgehead atoms. The van der Waals surface area contributed by atoms with Gasteiger partial charge in [-0.3, -0.25) is 4.79 Å². The van der Waals surface area contributed by atoms with E-state index >= 15 is 0 Å². The number of likely N-dealkylation sites (tertiary alicyclic amines) is 1. The number of carbonyl (C=O) groups excluding carboxylic acids is 1. The number of nitrogens with zero attached hydrogens (tertiary/aromatic N) is 1. The molecule has 0 radical (unpaired) electrons. The molecule has 1 amide bonds. The molecule has 0 aromatic heterocycles. The Labute approximate surface area is 164 Å². The third kappa shape index (κ3) is 2.23. The maximum Gasteiger partial charge on any atom is 0.230 e. The summed E-state index contributed by atoms with van der Waals surface area (Å²) in [6.45, 7) is 2.25. The Morgan fingerprint density at radius 1 is 0.929 bits per heavy atom. The first-order chi connectivity index (χ1) is 13.8. The molecule has 1 fully saturated rings. The summed E-state index contributed by atoms with van der Waals surface area (Å²) in [5.74, 6) is 0.247. The van der Waals surface area contributed by atoms with Gasteiger partial charge in [-0.2, -0.15) is 0 Å². The maximum absolute atomic E-state index is 13.4. The average Bonchev–Trinajstić information content (AvgIpc) is 3.30. The minimum atomic E-state index is -0.188. The van der Waals surface area contributed by atoms with Gasteiger partial charge in [0, 0.05) is 13.1 Å². The Bertz CT molecular complexity index is 1090. The molecule has 0 N–H and O–H groups in total. The van der Waals surface area contributed by atoms with Crippen LogP contribution in [0.25, 0.3) is 10.8 Å². The van der Waals surface area contributed by atoms with E-state index in [1.54, 1.807) is 0 Å². The van der Waals surface area contributed by atoms with Crippen molar-refractivity contribution in [1.29, 1.82) is 0 Å². The molecule has 6 rings (SSSR count). The van der Waals surface area contributed by atoms with Crippen molar-refractivity contribution in [2.45, 2.75) is 37.4 Å². The quantitative estimate of drug-likeness (QED) is 0.631. The zero-order valence-electron chi connectivity index (χ0n) is 15.9. The first-order valence-electron chi connectivity index (χ1n) is 10.3. The zero-order chi connectivity index (χ0) is 18.7. The van der Waals surface area contributed by atoms with E-state index in [1.165, 1.54) is 33.0 Å². The van der Waals surface area contributed by atoms with E-state index in [1.807, 2.05) is 0 Å². The summed E-state index contributed by atoms with van der Waals surface area (Å²) in [6.07, 6.45) is 2.61. The molecule has 0 saturated carbocycles. The summed E-state index contributed by atoms with van der Waals surface area (Å²) < 4.78 is 6.26. The number of hydrogen-bond acceptors (Lipinski definition) is 2. The number of rotatable bonds is 1. The van der Waals surface area contributed by atoms with Crippen molar-refractivity contribution in [2.75, 3.05) is 13.1 Å². The largest absolute Gasteiger partial charge is 0.365 e. The summed E-state index contributed by atoms with van der Waals surface area (Å²) >= 11 is 0. The first-order valence-corrected chi connectivity index (χ1v) is 10.3. The number of fused-ring (bicyclic) bond motifs is 2. The predicted molar refractivity (Wildman–Crippen MR) is 109 cm³/mol. The van der Waals surface area contributed by atoms with Crippen LogP contribution >= 0.6 is 0 Å². The van der Waals surface area contributed by atoms with Gasteiger partial charge < -0.3 is 9.64 Å². The van der Waals surface area contributed by atoms with Gasteiger partial charge in [-0.05, 0) is 52.3 Å². The standard InChI is InChI=1S/C25H23NO2/c27-24(21-15-18-8-3-6-17-7-4-9-20(21)23(17)18)26-13-11-25(12-14-26)22-10-2-1-5-19(22)16-28-25/h1-10,21H,11-16H2. The molecule has 2 aliphatic heterocycles. The molecule has 1 aliphatic carbocycles. The highest BCUT2D eigenvalue weighted by Gasteiger charge is 2.44.